The van der Waals surface area contributed by atoms with Gasteiger partial charge in [-0.2, -0.15) is 0 Å². The van der Waals surface area contributed by atoms with E-state index in [0.717, 1.165) is 25.3 Å². The molecule has 0 saturated carbocycles. The maximum atomic E-state index is 11.7. The summed E-state index contributed by atoms with van der Waals surface area (Å²) in [5, 5.41) is 3.03. The standard InChI is InChI=1S/C14H21IN2O2/c1-16-9-10-17(2)14(18)4-3-11-19-13-7-5-12(15)6-8-13/h5-8,16H,3-4,9-11H2,1-2H3. The quantitative estimate of drug-likeness (QED) is 0.558. The molecule has 0 aliphatic carbocycles. The van der Waals surface area contributed by atoms with Crippen LogP contribution >= 0.6 is 22.6 Å². The van der Waals surface area contributed by atoms with Crippen LogP contribution in [0.25, 0.3) is 0 Å². The van der Waals surface area contributed by atoms with Gasteiger partial charge in [0.25, 0.3) is 0 Å². The van der Waals surface area contributed by atoms with Gasteiger partial charge in [-0.3, -0.25) is 4.79 Å². The van der Waals surface area contributed by atoms with Crippen molar-refractivity contribution in [2.24, 2.45) is 0 Å². The molecule has 1 aromatic rings. The molecular formula is C14H21IN2O2. The van der Waals surface area contributed by atoms with Gasteiger partial charge in [0.2, 0.25) is 5.91 Å². The van der Waals surface area contributed by atoms with Gasteiger partial charge in [0, 0.05) is 30.1 Å². The number of hydrogen-bond acceptors (Lipinski definition) is 3. The van der Waals surface area contributed by atoms with E-state index in [-0.39, 0.29) is 5.91 Å². The highest BCUT2D eigenvalue weighted by Gasteiger charge is 2.07. The van der Waals surface area contributed by atoms with Crippen LogP contribution in [-0.4, -0.2) is 44.6 Å². The van der Waals surface area contributed by atoms with Gasteiger partial charge in [0.15, 0.2) is 0 Å². The predicted octanol–water partition coefficient (Wildman–Crippen LogP) is 2.13. The smallest absolute Gasteiger partial charge is 0.222 e. The van der Waals surface area contributed by atoms with Crippen LogP contribution in [0.2, 0.25) is 0 Å². The Balaban J connectivity index is 2.16. The number of nitrogens with zero attached hydrogens (tertiary/aromatic N) is 1. The van der Waals surface area contributed by atoms with Crippen LogP contribution in [0.15, 0.2) is 24.3 Å². The van der Waals surface area contributed by atoms with Gasteiger partial charge >= 0.3 is 0 Å². The van der Waals surface area contributed by atoms with E-state index in [9.17, 15) is 4.79 Å². The molecule has 1 amide bonds. The molecule has 0 radical (unpaired) electrons. The van der Waals surface area contributed by atoms with E-state index in [2.05, 4.69) is 27.9 Å². The summed E-state index contributed by atoms with van der Waals surface area (Å²) < 4.78 is 6.77. The summed E-state index contributed by atoms with van der Waals surface area (Å²) in [5.74, 6) is 1.03. The Morgan fingerprint density at radius 2 is 2.05 bits per heavy atom. The minimum Gasteiger partial charge on any atom is -0.494 e. The number of nitrogens with one attached hydrogen (secondary N) is 1. The first-order valence-electron chi connectivity index (χ1n) is 6.40. The summed E-state index contributed by atoms with van der Waals surface area (Å²) in [6.07, 6.45) is 1.28. The molecule has 0 spiro atoms. The first kappa shape index (κ1) is 16.2. The fourth-order valence-corrected chi connectivity index (χ4v) is 1.90. The number of carbonyl (C=O) groups excluding carboxylic acids is 1. The SMILES string of the molecule is CNCCN(C)C(=O)CCCOc1ccc(I)cc1. The summed E-state index contributed by atoms with van der Waals surface area (Å²) in [4.78, 5) is 13.5. The van der Waals surface area contributed by atoms with Crippen LogP contribution in [0.4, 0.5) is 0 Å². The van der Waals surface area contributed by atoms with Gasteiger partial charge in [-0.25, -0.2) is 0 Å². The van der Waals surface area contributed by atoms with Gasteiger partial charge in [-0.15, -0.1) is 0 Å². The van der Waals surface area contributed by atoms with Crippen molar-refractivity contribution >= 4 is 28.5 Å². The fourth-order valence-electron chi connectivity index (χ4n) is 1.54. The lowest BCUT2D eigenvalue weighted by molar-refractivity contribution is -0.130. The number of amides is 1. The van der Waals surface area contributed by atoms with E-state index >= 15 is 0 Å². The second-order valence-electron chi connectivity index (χ2n) is 4.32. The number of halogens is 1. The van der Waals surface area contributed by atoms with Crippen molar-refractivity contribution in [2.45, 2.75) is 12.8 Å². The zero-order chi connectivity index (χ0) is 14.1. The largest absolute Gasteiger partial charge is 0.494 e. The molecule has 1 N–H and O–H groups in total. The van der Waals surface area contributed by atoms with Crippen molar-refractivity contribution in [3.05, 3.63) is 27.8 Å². The Bertz CT molecular complexity index is 382. The monoisotopic (exact) mass is 376 g/mol. The van der Waals surface area contributed by atoms with Crippen molar-refractivity contribution in [3.63, 3.8) is 0 Å². The minimum absolute atomic E-state index is 0.168. The number of ether oxygens (including phenoxy) is 1. The molecule has 19 heavy (non-hydrogen) atoms. The molecule has 0 heterocycles. The highest BCUT2D eigenvalue weighted by Crippen LogP contribution is 2.13. The first-order chi connectivity index (χ1) is 9.13. The van der Waals surface area contributed by atoms with Crippen LogP contribution in [0.1, 0.15) is 12.8 Å². The molecule has 106 valence electrons. The summed E-state index contributed by atoms with van der Waals surface area (Å²) >= 11 is 2.26. The van der Waals surface area contributed by atoms with E-state index < -0.39 is 0 Å². The van der Waals surface area contributed by atoms with E-state index in [0.29, 0.717) is 13.0 Å². The maximum absolute atomic E-state index is 11.7. The summed E-state index contributed by atoms with van der Waals surface area (Å²) in [7, 11) is 3.72. The van der Waals surface area contributed by atoms with Crippen molar-refractivity contribution in [1.82, 2.24) is 10.2 Å². The zero-order valence-corrected chi connectivity index (χ0v) is 13.6. The van der Waals surface area contributed by atoms with Crippen LogP contribution in [-0.2, 0) is 4.79 Å². The van der Waals surface area contributed by atoms with Crippen molar-refractivity contribution < 1.29 is 9.53 Å². The number of benzene rings is 1. The Hall–Kier alpha value is -0.820. The van der Waals surface area contributed by atoms with Crippen molar-refractivity contribution in [3.8, 4) is 5.75 Å². The summed E-state index contributed by atoms with van der Waals surface area (Å²) in [6.45, 7) is 2.14. The van der Waals surface area contributed by atoms with Crippen LogP contribution in [0.5, 0.6) is 5.75 Å². The van der Waals surface area contributed by atoms with Crippen LogP contribution in [0.3, 0.4) is 0 Å². The number of likely N-dealkylation sites (N-methyl/N-ethyl adjacent to an activating group) is 2. The lowest BCUT2D eigenvalue weighted by Crippen LogP contribution is -2.32. The van der Waals surface area contributed by atoms with Gasteiger partial charge < -0.3 is 15.0 Å². The fraction of sp³-hybridized carbons (Fsp3) is 0.500. The molecule has 4 nitrogen and oxygen atoms in total. The minimum atomic E-state index is 0.168. The molecule has 0 unspecified atom stereocenters. The molecule has 1 aromatic carbocycles. The van der Waals surface area contributed by atoms with Crippen LogP contribution in [0, 0.1) is 3.57 Å². The third-order valence-corrected chi connectivity index (χ3v) is 3.46. The second-order valence-corrected chi connectivity index (χ2v) is 5.57. The third kappa shape index (κ3) is 6.77. The topological polar surface area (TPSA) is 41.6 Å². The normalized spacial score (nSPS) is 10.3. The average molecular weight is 376 g/mol. The number of carbonyl (C=O) groups is 1. The van der Waals surface area contributed by atoms with E-state index in [1.807, 2.05) is 38.4 Å². The molecule has 5 heteroatoms. The van der Waals surface area contributed by atoms with Gasteiger partial charge in [0.05, 0.1) is 6.61 Å². The van der Waals surface area contributed by atoms with E-state index in [1.54, 1.807) is 4.90 Å². The molecule has 0 bridgehead atoms. The highest BCUT2D eigenvalue weighted by molar-refractivity contribution is 14.1. The Kier molecular flexibility index (Phi) is 7.81. The molecule has 0 aliphatic rings. The molecule has 0 fully saturated rings. The highest BCUT2D eigenvalue weighted by atomic mass is 127. The van der Waals surface area contributed by atoms with Gasteiger partial charge in [-0.1, -0.05) is 0 Å². The predicted molar refractivity (Wildman–Crippen MR) is 85.5 cm³/mol. The first-order valence-corrected chi connectivity index (χ1v) is 7.48. The average Bonchev–Trinajstić information content (AvgIpc) is 2.42. The molecule has 0 atom stereocenters. The molecule has 0 aromatic heterocycles. The Morgan fingerprint density at radius 1 is 1.37 bits per heavy atom. The second kappa shape index (κ2) is 9.14. The molecule has 0 aliphatic heterocycles. The number of hydrogen-bond donors (Lipinski definition) is 1. The zero-order valence-electron chi connectivity index (χ0n) is 11.5. The summed E-state index contributed by atoms with van der Waals surface area (Å²) in [6, 6.07) is 7.91. The van der Waals surface area contributed by atoms with Gasteiger partial charge in [-0.05, 0) is 60.3 Å². The Morgan fingerprint density at radius 3 is 2.68 bits per heavy atom. The van der Waals surface area contributed by atoms with Crippen molar-refractivity contribution in [1.29, 1.82) is 0 Å². The number of rotatable bonds is 8. The third-order valence-electron chi connectivity index (χ3n) is 2.74. The molecular weight excluding hydrogens is 355 g/mol. The molecule has 1 rings (SSSR count). The van der Waals surface area contributed by atoms with Gasteiger partial charge in [0.1, 0.15) is 5.75 Å². The van der Waals surface area contributed by atoms with Crippen LogP contribution < -0.4 is 10.1 Å². The Labute approximate surface area is 128 Å². The van der Waals surface area contributed by atoms with E-state index in [1.165, 1.54) is 3.57 Å². The lowest BCUT2D eigenvalue weighted by Gasteiger charge is -2.16. The maximum Gasteiger partial charge on any atom is 0.222 e. The molecule has 0 saturated heterocycles. The lowest BCUT2D eigenvalue weighted by atomic mass is 10.3. The van der Waals surface area contributed by atoms with Crippen molar-refractivity contribution in [2.75, 3.05) is 33.8 Å². The van der Waals surface area contributed by atoms with E-state index in [4.69, 9.17) is 4.74 Å². The summed E-state index contributed by atoms with van der Waals surface area (Å²) in [5.41, 5.74) is 0.